The molecule has 0 unspecified atom stereocenters. The minimum atomic E-state index is 0.230. The average Bonchev–Trinajstić information content (AvgIpc) is 2.97. The maximum Gasteiger partial charge on any atom is 0.237 e. The number of ether oxygens (including phenoxy) is 2. The van der Waals surface area contributed by atoms with Crippen molar-refractivity contribution in [1.29, 1.82) is 0 Å². The van der Waals surface area contributed by atoms with Crippen LogP contribution in [0, 0.1) is 0 Å². The van der Waals surface area contributed by atoms with Crippen molar-refractivity contribution in [3.05, 3.63) is 90.4 Å². The van der Waals surface area contributed by atoms with Crippen molar-refractivity contribution in [1.82, 2.24) is 14.5 Å². The van der Waals surface area contributed by atoms with E-state index in [0.717, 1.165) is 70.5 Å². The van der Waals surface area contributed by atoms with E-state index in [1.54, 1.807) is 20.4 Å². The molecule has 1 aromatic heterocycles. The van der Waals surface area contributed by atoms with Crippen LogP contribution in [0.2, 0.25) is 0 Å². The van der Waals surface area contributed by atoms with Gasteiger partial charge in [-0.2, -0.15) is 0 Å². The van der Waals surface area contributed by atoms with E-state index in [1.807, 2.05) is 24.3 Å². The van der Waals surface area contributed by atoms with Crippen molar-refractivity contribution >= 4 is 22.4 Å². The second kappa shape index (κ2) is 10.6. The van der Waals surface area contributed by atoms with Crippen LogP contribution in [0.15, 0.2) is 90.1 Å². The molecule has 38 heavy (non-hydrogen) atoms. The molecule has 1 fully saturated rings. The fourth-order valence-electron chi connectivity index (χ4n) is 5.30. The lowest BCUT2D eigenvalue weighted by molar-refractivity contribution is 0.0663. The normalized spacial score (nSPS) is 18.1. The Labute approximate surface area is 222 Å². The van der Waals surface area contributed by atoms with Crippen LogP contribution in [-0.2, 0) is 4.74 Å². The second-order valence-corrected chi connectivity index (χ2v) is 9.61. The van der Waals surface area contributed by atoms with Crippen molar-refractivity contribution < 1.29 is 9.47 Å². The topological polar surface area (TPSA) is 73.6 Å². The van der Waals surface area contributed by atoms with E-state index in [2.05, 4.69) is 69.5 Å². The summed E-state index contributed by atoms with van der Waals surface area (Å²) in [6, 6.07) is 27.0. The number of benzene rings is 3. The fraction of sp³-hybridized carbons (Fsp3) is 0.258. The van der Waals surface area contributed by atoms with Gasteiger partial charge in [0.25, 0.3) is 0 Å². The molecule has 2 aliphatic carbocycles. The molecule has 7 heteroatoms. The van der Waals surface area contributed by atoms with E-state index in [9.17, 15) is 0 Å². The Balaban J connectivity index is 1.58. The molecule has 1 N–H and O–H groups in total. The number of methoxy groups -OCH3 is 2. The summed E-state index contributed by atoms with van der Waals surface area (Å²) in [4.78, 5) is 14.7. The molecule has 0 radical (unpaired) electrons. The van der Waals surface area contributed by atoms with Gasteiger partial charge in [0.2, 0.25) is 5.88 Å². The molecule has 1 saturated carbocycles. The quantitative estimate of drug-likeness (QED) is 0.281. The molecule has 0 spiro atoms. The number of anilines is 2. The standard InChI is InChI=1S/C31H31N5O2/c1-37-23-16-14-21(15-17-23)33-27-20-30-28(19-26(27)35-25-12-8-18-32-31(25)38-2)34-24-11-6-7-13-29(24)36(30)22-9-4-3-5-10-22/h3-13,18-21,23,35H,14-17H2,1-2H3/b33-27+. The third-order valence-electron chi connectivity index (χ3n) is 7.24. The van der Waals surface area contributed by atoms with Gasteiger partial charge in [-0.05, 0) is 74.2 Å². The highest BCUT2D eigenvalue weighted by Gasteiger charge is 2.22. The monoisotopic (exact) mass is 505 g/mol. The Hall–Kier alpha value is -4.23. The van der Waals surface area contributed by atoms with E-state index >= 15 is 0 Å². The molecule has 0 atom stereocenters. The minimum Gasteiger partial charge on any atom is -0.480 e. The van der Waals surface area contributed by atoms with Crippen molar-refractivity contribution in [2.75, 3.05) is 19.5 Å². The molecule has 3 aromatic rings. The first kappa shape index (κ1) is 24.1. The third kappa shape index (κ3) is 4.73. The Morgan fingerprint density at radius 3 is 2.45 bits per heavy atom. The van der Waals surface area contributed by atoms with Crippen LogP contribution in [0.3, 0.4) is 0 Å². The van der Waals surface area contributed by atoms with Gasteiger partial charge in [-0.25, -0.2) is 9.97 Å². The first-order valence-electron chi connectivity index (χ1n) is 13.1. The first-order chi connectivity index (χ1) is 18.7. The van der Waals surface area contributed by atoms with Crippen LogP contribution in [0.4, 0.5) is 11.4 Å². The lowest BCUT2D eigenvalue weighted by Gasteiger charge is -2.25. The molecule has 7 nitrogen and oxygen atoms in total. The molecular formula is C31H31N5O2. The molecule has 2 aromatic carbocycles. The molecule has 0 bridgehead atoms. The van der Waals surface area contributed by atoms with Gasteiger partial charge in [-0.1, -0.05) is 30.3 Å². The highest BCUT2D eigenvalue weighted by molar-refractivity contribution is 5.84. The number of hydrogen-bond donors (Lipinski definition) is 1. The molecular weight excluding hydrogens is 474 g/mol. The van der Waals surface area contributed by atoms with E-state index in [4.69, 9.17) is 19.5 Å². The van der Waals surface area contributed by atoms with Gasteiger partial charge in [-0.3, -0.25) is 4.99 Å². The maximum absolute atomic E-state index is 5.59. The molecule has 0 saturated heterocycles. The molecule has 0 amide bonds. The van der Waals surface area contributed by atoms with E-state index in [1.165, 1.54) is 0 Å². The predicted molar refractivity (Wildman–Crippen MR) is 150 cm³/mol. The van der Waals surface area contributed by atoms with Gasteiger partial charge in [0, 0.05) is 19.0 Å². The number of para-hydroxylation sites is 3. The van der Waals surface area contributed by atoms with Crippen molar-refractivity contribution in [3.63, 3.8) is 0 Å². The lowest BCUT2D eigenvalue weighted by atomic mass is 9.93. The SMILES string of the molecule is COc1ncccc1Nc1cc2nc3ccccc3n(-c3ccccc3)c-2c/c1=N\C1CCC(OC)CC1. The summed E-state index contributed by atoms with van der Waals surface area (Å²) in [5.74, 6) is 0.532. The van der Waals surface area contributed by atoms with Crippen LogP contribution in [0.25, 0.3) is 28.1 Å². The second-order valence-electron chi connectivity index (χ2n) is 9.61. The number of rotatable bonds is 6. The summed E-state index contributed by atoms with van der Waals surface area (Å²) < 4.78 is 13.4. The van der Waals surface area contributed by atoms with Crippen molar-refractivity contribution in [2.45, 2.75) is 37.8 Å². The zero-order chi connectivity index (χ0) is 25.9. The first-order valence-corrected chi connectivity index (χ1v) is 13.1. The Bertz CT molecular complexity index is 1590. The Morgan fingerprint density at radius 2 is 1.66 bits per heavy atom. The number of hydrogen-bond acceptors (Lipinski definition) is 6. The number of nitrogens with one attached hydrogen (secondary N) is 1. The third-order valence-corrected chi connectivity index (χ3v) is 7.24. The van der Waals surface area contributed by atoms with E-state index in [0.29, 0.717) is 12.0 Å². The minimum absolute atomic E-state index is 0.230. The Kier molecular flexibility index (Phi) is 6.75. The summed E-state index contributed by atoms with van der Waals surface area (Å²) in [6.45, 7) is 0. The molecule has 1 aliphatic heterocycles. The van der Waals surface area contributed by atoms with Crippen molar-refractivity contribution in [3.8, 4) is 23.0 Å². The highest BCUT2D eigenvalue weighted by atomic mass is 16.5. The summed E-state index contributed by atoms with van der Waals surface area (Å²) >= 11 is 0. The van der Waals surface area contributed by atoms with Gasteiger partial charge in [-0.15, -0.1) is 0 Å². The predicted octanol–water partition coefficient (Wildman–Crippen LogP) is 6.14. The van der Waals surface area contributed by atoms with Gasteiger partial charge in [0.1, 0.15) is 5.69 Å². The largest absolute Gasteiger partial charge is 0.480 e. The fourth-order valence-corrected chi connectivity index (χ4v) is 5.30. The highest BCUT2D eigenvalue weighted by Crippen LogP contribution is 2.32. The van der Waals surface area contributed by atoms with Crippen LogP contribution in [0.1, 0.15) is 25.7 Å². The summed E-state index contributed by atoms with van der Waals surface area (Å²) in [5, 5.41) is 4.44. The van der Waals surface area contributed by atoms with Crippen LogP contribution >= 0.6 is 0 Å². The van der Waals surface area contributed by atoms with Crippen LogP contribution in [-0.4, -0.2) is 40.9 Å². The number of aromatic nitrogens is 3. The Morgan fingerprint density at radius 1 is 0.868 bits per heavy atom. The summed E-state index contributed by atoms with van der Waals surface area (Å²) in [5.41, 5.74) is 6.59. The molecule has 3 aliphatic rings. The number of pyridine rings is 1. The van der Waals surface area contributed by atoms with Crippen molar-refractivity contribution in [2.24, 2.45) is 4.99 Å². The van der Waals surface area contributed by atoms with E-state index in [-0.39, 0.29) is 6.04 Å². The lowest BCUT2D eigenvalue weighted by Crippen LogP contribution is -2.25. The number of nitrogens with zero attached hydrogens (tertiary/aromatic N) is 4. The zero-order valence-corrected chi connectivity index (χ0v) is 21.7. The van der Waals surface area contributed by atoms with E-state index < -0.39 is 0 Å². The molecule has 6 rings (SSSR count). The maximum atomic E-state index is 5.59. The summed E-state index contributed by atoms with van der Waals surface area (Å²) in [7, 11) is 3.43. The van der Waals surface area contributed by atoms with Gasteiger partial charge in [0.15, 0.2) is 0 Å². The number of fused-ring (bicyclic) bond motifs is 2. The van der Waals surface area contributed by atoms with Gasteiger partial charge in [0.05, 0.1) is 52.7 Å². The van der Waals surface area contributed by atoms with Gasteiger partial charge >= 0.3 is 0 Å². The average molecular weight is 506 g/mol. The van der Waals surface area contributed by atoms with Crippen LogP contribution < -0.4 is 15.4 Å². The molecule has 2 heterocycles. The zero-order valence-electron chi connectivity index (χ0n) is 21.7. The van der Waals surface area contributed by atoms with Crippen LogP contribution in [0.5, 0.6) is 5.88 Å². The summed E-state index contributed by atoms with van der Waals surface area (Å²) in [6.07, 6.45) is 6.09. The van der Waals surface area contributed by atoms with Gasteiger partial charge < -0.3 is 19.4 Å². The smallest absolute Gasteiger partial charge is 0.237 e. The molecule has 192 valence electrons.